The zero-order valence-corrected chi connectivity index (χ0v) is 17.6. The van der Waals surface area contributed by atoms with E-state index >= 15 is 0 Å². The zero-order valence-electron chi connectivity index (χ0n) is 16.0. The van der Waals surface area contributed by atoms with Crippen LogP contribution in [-0.4, -0.2) is 62.3 Å². The van der Waals surface area contributed by atoms with Gasteiger partial charge in [-0.2, -0.15) is 0 Å². The number of hydrogen-bond donors (Lipinski definition) is 2. The van der Waals surface area contributed by atoms with Crippen molar-refractivity contribution in [3.05, 3.63) is 0 Å². The molecule has 2 saturated heterocycles. The van der Waals surface area contributed by atoms with Crippen LogP contribution < -0.4 is 10.6 Å². The average molecular weight is 398 g/mol. The number of halogens is 2. The molecule has 0 bridgehead atoms. The van der Waals surface area contributed by atoms with E-state index in [2.05, 4.69) is 36.3 Å². The molecule has 2 rings (SSSR count). The molecule has 0 aromatic carbocycles. The summed E-state index contributed by atoms with van der Waals surface area (Å²) in [5.74, 6) is 1.35. The van der Waals surface area contributed by atoms with E-state index in [1.54, 1.807) is 0 Å². The third kappa shape index (κ3) is 9.43. The first-order valence-electron chi connectivity index (χ1n) is 9.40. The smallest absolute Gasteiger partial charge is 0.220 e. The number of nitrogens with zero attached hydrogens (tertiary/aromatic N) is 1. The molecule has 5 nitrogen and oxygen atoms in total. The summed E-state index contributed by atoms with van der Waals surface area (Å²) in [5.41, 5.74) is 0. The number of nitrogens with one attached hydrogen (secondary N) is 2. The fraction of sp³-hybridized carbons (Fsp3) is 0.944. The molecule has 0 aliphatic carbocycles. The first kappa shape index (κ1) is 24.9. The fourth-order valence-corrected chi connectivity index (χ4v) is 3.89. The van der Waals surface area contributed by atoms with Gasteiger partial charge in [-0.3, -0.25) is 9.69 Å². The number of rotatable bonds is 7. The van der Waals surface area contributed by atoms with Crippen LogP contribution in [-0.2, 0) is 9.53 Å². The molecule has 0 aromatic rings. The van der Waals surface area contributed by atoms with Gasteiger partial charge >= 0.3 is 0 Å². The standard InChI is InChI=1S/C18H35N3O2.2ClH/c1-14(17-6-4-7-19-11-17)10-18(22)20-8-5-9-21-12-15(2)23-16(3)13-21;;/h14-17,19H,4-13H2,1-3H3,(H,20,22);2*1H. The number of carbonyl (C=O) groups excluding carboxylic acids is 1. The van der Waals surface area contributed by atoms with Gasteiger partial charge in [-0.05, 0) is 58.0 Å². The highest BCUT2D eigenvalue weighted by molar-refractivity contribution is 5.85. The number of carbonyl (C=O) groups is 1. The van der Waals surface area contributed by atoms with E-state index < -0.39 is 0 Å². The Morgan fingerprint density at radius 2 is 1.96 bits per heavy atom. The molecular weight excluding hydrogens is 361 g/mol. The minimum absolute atomic E-state index is 0. The predicted molar refractivity (Wildman–Crippen MR) is 108 cm³/mol. The molecule has 1 amide bonds. The van der Waals surface area contributed by atoms with Gasteiger partial charge in [0.05, 0.1) is 12.2 Å². The Kier molecular flexibility index (Phi) is 13.1. The summed E-state index contributed by atoms with van der Waals surface area (Å²) in [6.45, 7) is 12.5. The van der Waals surface area contributed by atoms with E-state index in [-0.39, 0.29) is 30.7 Å². The second-order valence-corrected chi connectivity index (χ2v) is 7.51. The molecule has 2 aliphatic heterocycles. The topological polar surface area (TPSA) is 53.6 Å². The molecule has 2 N–H and O–H groups in total. The molecular formula is C18H37Cl2N3O2. The molecule has 150 valence electrons. The number of piperidine rings is 1. The van der Waals surface area contributed by atoms with Crippen LogP contribution in [0.5, 0.6) is 0 Å². The number of amides is 1. The van der Waals surface area contributed by atoms with Crippen LogP contribution in [0.1, 0.15) is 46.5 Å². The first-order chi connectivity index (χ1) is 11.0. The van der Waals surface area contributed by atoms with Crippen molar-refractivity contribution in [2.75, 3.05) is 39.3 Å². The van der Waals surface area contributed by atoms with E-state index in [9.17, 15) is 4.79 Å². The molecule has 0 saturated carbocycles. The molecule has 2 fully saturated rings. The maximum absolute atomic E-state index is 12.1. The fourth-order valence-electron chi connectivity index (χ4n) is 3.89. The lowest BCUT2D eigenvalue weighted by Gasteiger charge is -2.35. The van der Waals surface area contributed by atoms with Crippen molar-refractivity contribution in [3.8, 4) is 0 Å². The predicted octanol–water partition coefficient (Wildman–Crippen LogP) is 2.47. The normalized spacial score (nSPS) is 28.4. The van der Waals surface area contributed by atoms with Crippen molar-refractivity contribution < 1.29 is 9.53 Å². The van der Waals surface area contributed by atoms with E-state index in [0.717, 1.165) is 45.7 Å². The molecule has 7 heteroatoms. The largest absolute Gasteiger partial charge is 0.373 e. The Morgan fingerprint density at radius 3 is 2.56 bits per heavy atom. The zero-order chi connectivity index (χ0) is 16.7. The number of ether oxygens (including phenoxy) is 1. The van der Waals surface area contributed by atoms with Crippen molar-refractivity contribution in [2.24, 2.45) is 11.8 Å². The van der Waals surface area contributed by atoms with Gasteiger partial charge in [0.15, 0.2) is 0 Å². The summed E-state index contributed by atoms with van der Waals surface area (Å²) in [4.78, 5) is 14.5. The van der Waals surface area contributed by atoms with Crippen LogP contribution in [0.3, 0.4) is 0 Å². The maximum Gasteiger partial charge on any atom is 0.220 e. The second kappa shape index (κ2) is 13.2. The van der Waals surface area contributed by atoms with Gasteiger partial charge in [-0.25, -0.2) is 0 Å². The summed E-state index contributed by atoms with van der Waals surface area (Å²) in [7, 11) is 0. The van der Waals surface area contributed by atoms with Crippen molar-refractivity contribution >= 4 is 30.7 Å². The summed E-state index contributed by atoms with van der Waals surface area (Å²) in [5, 5.41) is 6.53. The van der Waals surface area contributed by atoms with Crippen LogP contribution in [0.25, 0.3) is 0 Å². The van der Waals surface area contributed by atoms with Crippen molar-refractivity contribution in [1.82, 2.24) is 15.5 Å². The molecule has 0 radical (unpaired) electrons. The lowest BCUT2D eigenvalue weighted by Crippen LogP contribution is -2.46. The number of morpholine rings is 1. The van der Waals surface area contributed by atoms with Gasteiger partial charge in [0.2, 0.25) is 5.91 Å². The van der Waals surface area contributed by atoms with Gasteiger partial charge < -0.3 is 15.4 Å². The molecule has 25 heavy (non-hydrogen) atoms. The Labute approximate surface area is 165 Å². The number of hydrogen-bond acceptors (Lipinski definition) is 4. The highest BCUT2D eigenvalue weighted by atomic mass is 35.5. The summed E-state index contributed by atoms with van der Waals surface area (Å²) < 4.78 is 5.75. The quantitative estimate of drug-likeness (QED) is 0.647. The molecule has 2 aliphatic rings. The minimum atomic E-state index is 0. The molecule has 2 heterocycles. The second-order valence-electron chi connectivity index (χ2n) is 7.51. The van der Waals surface area contributed by atoms with E-state index in [1.807, 2.05) is 0 Å². The van der Waals surface area contributed by atoms with E-state index in [1.165, 1.54) is 12.8 Å². The first-order valence-corrected chi connectivity index (χ1v) is 9.40. The molecule has 0 spiro atoms. The Balaban J connectivity index is 0.00000288. The van der Waals surface area contributed by atoms with Gasteiger partial charge in [-0.1, -0.05) is 6.92 Å². The SMILES string of the molecule is CC1CN(CCCNC(=O)CC(C)C2CCCNC2)CC(C)O1.Cl.Cl. The third-order valence-electron chi connectivity index (χ3n) is 5.12. The van der Waals surface area contributed by atoms with Crippen molar-refractivity contribution in [1.29, 1.82) is 0 Å². The van der Waals surface area contributed by atoms with Crippen LogP contribution in [0, 0.1) is 11.8 Å². The lowest BCUT2D eigenvalue weighted by molar-refractivity contribution is -0.122. The minimum Gasteiger partial charge on any atom is -0.373 e. The van der Waals surface area contributed by atoms with Gasteiger partial charge in [0.1, 0.15) is 0 Å². The molecule has 0 aromatic heterocycles. The van der Waals surface area contributed by atoms with E-state index in [4.69, 9.17) is 4.74 Å². The monoisotopic (exact) mass is 397 g/mol. The molecule has 4 unspecified atom stereocenters. The van der Waals surface area contributed by atoms with Gasteiger partial charge in [-0.15, -0.1) is 24.8 Å². The summed E-state index contributed by atoms with van der Waals surface area (Å²) in [6, 6.07) is 0. The van der Waals surface area contributed by atoms with Gasteiger partial charge in [0, 0.05) is 32.6 Å². The average Bonchev–Trinajstić information content (AvgIpc) is 2.51. The Bertz CT molecular complexity index is 358. The van der Waals surface area contributed by atoms with Gasteiger partial charge in [0.25, 0.3) is 0 Å². The summed E-state index contributed by atoms with van der Waals surface area (Å²) >= 11 is 0. The highest BCUT2D eigenvalue weighted by Crippen LogP contribution is 2.22. The maximum atomic E-state index is 12.1. The van der Waals surface area contributed by atoms with Crippen LogP contribution in [0.2, 0.25) is 0 Å². The third-order valence-corrected chi connectivity index (χ3v) is 5.12. The Hall–Kier alpha value is -0.0700. The summed E-state index contributed by atoms with van der Waals surface area (Å²) in [6.07, 6.45) is 4.82. The van der Waals surface area contributed by atoms with Crippen LogP contribution in [0.4, 0.5) is 0 Å². The van der Waals surface area contributed by atoms with Crippen molar-refractivity contribution in [2.45, 2.75) is 58.7 Å². The van der Waals surface area contributed by atoms with Crippen molar-refractivity contribution in [3.63, 3.8) is 0 Å². The van der Waals surface area contributed by atoms with E-state index in [0.29, 0.717) is 30.5 Å². The Morgan fingerprint density at radius 1 is 1.28 bits per heavy atom. The van der Waals surface area contributed by atoms with Crippen LogP contribution in [0.15, 0.2) is 0 Å². The highest BCUT2D eigenvalue weighted by Gasteiger charge is 2.23. The van der Waals surface area contributed by atoms with Crippen LogP contribution >= 0.6 is 24.8 Å². The molecule has 4 atom stereocenters. The lowest BCUT2D eigenvalue weighted by atomic mass is 9.85.